The molecule has 0 bridgehead atoms. The van der Waals surface area contributed by atoms with E-state index in [0.29, 0.717) is 6.17 Å². The van der Waals surface area contributed by atoms with Gasteiger partial charge in [-0.3, -0.25) is 4.90 Å². The Hall–Kier alpha value is -0.740. The summed E-state index contributed by atoms with van der Waals surface area (Å²) in [4.78, 5) is 4.84. The van der Waals surface area contributed by atoms with Crippen molar-refractivity contribution in [2.45, 2.75) is 24.9 Å². The van der Waals surface area contributed by atoms with Crippen LogP contribution in [-0.2, 0) is 5.41 Å². The van der Waals surface area contributed by atoms with Crippen LogP contribution in [0.25, 0.3) is 0 Å². The minimum Gasteiger partial charge on any atom is -0.497 e. The topological polar surface area (TPSA) is 15.7 Å². The van der Waals surface area contributed by atoms with Crippen LogP contribution in [-0.4, -0.2) is 38.8 Å². The molecule has 1 unspecified atom stereocenters. The quantitative estimate of drug-likeness (QED) is 0.793. The zero-order chi connectivity index (χ0) is 13.1. The number of rotatable bonds is 1. The van der Waals surface area contributed by atoms with E-state index in [0.717, 1.165) is 16.8 Å². The molecule has 0 radical (unpaired) electrons. The number of ether oxygens (including phenoxy) is 1. The number of benzene rings is 1. The smallest absolute Gasteiger partial charge is 0.120 e. The zero-order valence-electron chi connectivity index (χ0n) is 11.3. The van der Waals surface area contributed by atoms with E-state index in [1.807, 2.05) is 0 Å². The molecule has 18 heavy (non-hydrogen) atoms. The summed E-state index contributed by atoms with van der Waals surface area (Å²) in [5.41, 5.74) is 2.93. The lowest BCUT2D eigenvalue weighted by Gasteiger charge is -2.32. The van der Waals surface area contributed by atoms with Gasteiger partial charge >= 0.3 is 0 Å². The maximum Gasteiger partial charge on any atom is 0.120 e. The predicted molar refractivity (Wildman–Crippen MR) is 77.5 cm³/mol. The van der Waals surface area contributed by atoms with Gasteiger partial charge in [0.1, 0.15) is 5.75 Å². The molecule has 3 rings (SSSR count). The molecule has 0 aliphatic carbocycles. The van der Waals surface area contributed by atoms with E-state index in [9.17, 15) is 0 Å². The zero-order valence-corrected chi connectivity index (χ0v) is 12.9. The molecule has 0 saturated carbocycles. The van der Waals surface area contributed by atoms with Crippen molar-refractivity contribution in [1.82, 2.24) is 4.90 Å². The summed E-state index contributed by atoms with van der Waals surface area (Å²) in [6.45, 7) is 3.52. The van der Waals surface area contributed by atoms with E-state index in [4.69, 9.17) is 4.74 Å². The van der Waals surface area contributed by atoms with Crippen LogP contribution in [0.4, 0.5) is 5.69 Å². The van der Waals surface area contributed by atoms with E-state index in [1.165, 1.54) is 17.7 Å². The van der Waals surface area contributed by atoms with Crippen molar-refractivity contribution in [3.8, 4) is 5.75 Å². The van der Waals surface area contributed by atoms with Gasteiger partial charge in [0.2, 0.25) is 0 Å². The third-order valence-electron chi connectivity index (χ3n) is 4.58. The Balaban J connectivity index is 2.22. The van der Waals surface area contributed by atoms with Gasteiger partial charge in [0.25, 0.3) is 0 Å². The number of likely N-dealkylation sites (N-methyl/N-ethyl adjacent to an activating group) is 2. The van der Waals surface area contributed by atoms with Gasteiger partial charge in [0.05, 0.1) is 19.0 Å². The summed E-state index contributed by atoms with van der Waals surface area (Å²) in [7, 11) is 6.13. The highest BCUT2D eigenvalue weighted by Crippen LogP contribution is 2.54. The van der Waals surface area contributed by atoms with E-state index in [2.05, 4.69) is 58.9 Å². The maximum atomic E-state index is 5.41. The van der Waals surface area contributed by atoms with E-state index in [-0.39, 0.29) is 5.41 Å². The molecule has 2 aliphatic rings. The molecule has 0 aromatic heterocycles. The second-order valence-electron chi connectivity index (χ2n) is 5.64. The average Bonchev–Trinajstić information content (AvgIpc) is 2.75. The first-order valence-corrected chi connectivity index (χ1v) is 7.09. The number of nitrogens with zero attached hydrogens (tertiary/aromatic N) is 2. The van der Waals surface area contributed by atoms with Crippen molar-refractivity contribution in [2.75, 3.05) is 32.6 Å². The molecule has 2 heterocycles. The van der Waals surface area contributed by atoms with Crippen LogP contribution in [0.2, 0.25) is 0 Å². The van der Waals surface area contributed by atoms with Crippen molar-refractivity contribution < 1.29 is 4.74 Å². The van der Waals surface area contributed by atoms with Gasteiger partial charge in [0, 0.05) is 23.5 Å². The van der Waals surface area contributed by atoms with E-state index >= 15 is 0 Å². The molecule has 0 N–H and O–H groups in total. The van der Waals surface area contributed by atoms with Gasteiger partial charge in [-0.15, -0.1) is 0 Å². The van der Waals surface area contributed by atoms with Gasteiger partial charge in [-0.25, -0.2) is 0 Å². The number of fused-ring (bicyclic) bond motifs is 3. The Morgan fingerprint density at radius 2 is 2.11 bits per heavy atom. The molecule has 2 aliphatic heterocycles. The SMILES string of the molecule is COc1cc(Br)c2c(c1)[C@]1(C)CCN(C)C1N2C. The van der Waals surface area contributed by atoms with Crippen LogP contribution in [0.3, 0.4) is 0 Å². The second-order valence-corrected chi connectivity index (χ2v) is 6.49. The number of hydrogen-bond acceptors (Lipinski definition) is 3. The van der Waals surface area contributed by atoms with Crippen LogP contribution in [0.5, 0.6) is 5.75 Å². The predicted octanol–water partition coefficient (Wildman–Crippen LogP) is 2.83. The Morgan fingerprint density at radius 1 is 1.39 bits per heavy atom. The number of likely N-dealkylation sites (tertiary alicyclic amines) is 1. The summed E-state index contributed by atoms with van der Waals surface area (Å²) in [6.07, 6.45) is 1.65. The molecule has 0 spiro atoms. The minimum atomic E-state index is 0.204. The van der Waals surface area contributed by atoms with Gasteiger partial charge in [-0.1, -0.05) is 6.92 Å². The largest absolute Gasteiger partial charge is 0.497 e. The molecule has 0 amide bonds. The molecular weight excluding hydrogens is 292 g/mol. The number of methoxy groups -OCH3 is 1. The van der Waals surface area contributed by atoms with Crippen molar-refractivity contribution in [3.63, 3.8) is 0 Å². The first kappa shape index (κ1) is 12.3. The standard InChI is InChI=1S/C14H19BrN2O/c1-14-5-6-16(2)13(14)17(3)12-10(14)7-9(18-4)8-11(12)15/h7-8,13H,5-6H2,1-4H3/t13?,14-/m0/s1. The summed E-state index contributed by atoms with van der Waals surface area (Å²) < 4.78 is 6.54. The fourth-order valence-electron chi connectivity index (χ4n) is 3.75. The Labute approximate surface area is 117 Å². The lowest BCUT2D eigenvalue weighted by Crippen LogP contribution is -2.45. The summed E-state index contributed by atoms with van der Waals surface area (Å²) in [5.74, 6) is 0.936. The summed E-state index contributed by atoms with van der Waals surface area (Å²) in [5, 5.41) is 0. The highest BCUT2D eigenvalue weighted by molar-refractivity contribution is 9.10. The highest BCUT2D eigenvalue weighted by Gasteiger charge is 2.52. The monoisotopic (exact) mass is 310 g/mol. The van der Waals surface area contributed by atoms with Crippen LogP contribution >= 0.6 is 15.9 Å². The molecule has 98 valence electrons. The first-order chi connectivity index (χ1) is 8.49. The molecular formula is C14H19BrN2O. The molecule has 4 heteroatoms. The van der Waals surface area contributed by atoms with Gasteiger partial charge in [-0.05, 0) is 47.1 Å². The number of hydrogen-bond donors (Lipinski definition) is 0. The van der Waals surface area contributed by atoms with Crippen LogP contribution in [0, 0.1) is 0 Å². The molecule has 1 aromatic rings. The van der Waals surface area contributed by atoms with Crippen molar-refractivity contribution in [2.24, 2.45) is 0 Å². The lowest BCUT2D eigenvalue weighted by atomic mass is 9.81. The summed E-state index contributed by atoms with van der Waals surface area (Å²) >= 11 is 3.69. The van der Waals surface area contributed by atoms with Crippen molar-refractivity contribution >= 4 is 21.6 Å². The Kier molecular flexibility index (Phi) is 2.65. The first-order valence-electron chi connectivity index (χ1n) is 6.30. The van der Waals surface area contributed by atoms with Gasteiger partial charge in [-0.2, -0.15) is 0 Å². The van der Waals surface area contributed by atoms with Crippen LogP contribution < -0.4 is 9.64 Å². The van der Waals surface area contributed by atoms with Gasteiger partial charge < -0.3 is 9.64 Å². The third-order valence-corrected chi connectivity index (χ3v) is 5.18. The number of halogens is 1. The van der Waals surface area contributed by atoms with Gasteiger partial charge in [0.15, 0.2) is 0 Å². The minimum absolute atomic E-state index is 0.204. The average molecular weight is 311 g/mol. The van der Waals surface area contributed by atoms with Crippen LogP contribution in [0.1, 0.15) is 18.9 Å². The van der Waals surface area contributed by atoms with E-state index in [1.54, 1.807) is 7.11 Å². The van der Waals surface area contributed by atoms with Crippen molar-refractivity contribution in [3.05, 3.63) is 22.2 Å². The van der Waals surface area contributed by atoms with Crippen molar-refractivity contribution in [1.29, 1.82) is 0 Å². The molecule has 1 fully saturated rings. The molecule has 3 nitrogen and oxygen atoms in total. The fraction of sp³-hybridized carbons (Fsp3) is 0.571. The molecule has 1 aromatic carbocycles. The second kappa shape index (κ2) is 3.87. The Bertz CT molecular complexity index is 505. The third kappa shape index (κ3) is 1.39. The Morgan fingerprint density at radius 3 is 2.78 bits per heavy atom. The lowest BCUT2D eigenvalue weighted by molar-refractivity contribution is 0.268. The fourth-order valence-corrected chi connectivity index (χ4v) is 4.47. The normalized spacial score (nSPS) is 30.5. The molecule has 2 atom stereocenters. The molecule has 1 saturated heterocycles. The maximum absolute atomic E-state index is 5.41. The van der Waals surface area contributed by atoms with E-state index < -0.39 is 0 Å². The highest BCUT2D eigenvalue weighted by atomic mass is 79.9. The van der Waals surface area contributed by atoms with Crippen LogP contribution in [0.15, 0.2) is 16.6 Å². The summed E-state index contributed by atoms with van der Waals surface area (Å²) in [6, 6.07) is 4.26. The number of anilines is 1.